The minimum atomic E-state index is -0.548. The molecule has 0 saturated carbocycles. The van der Waals surface area contributed by atoms with Crippen LogP contribution < -0.4 is 0 Å². The Kier molecular flexibility index (Phi) is 3.03. The summed E-state index contributed by atoms with van der Waals surface area (Å²) in [7, 11) is 0. The van der Waals surface area contributed by atoms with Crippen LogP contribution in [-0.2, 0) is 0 Å². The fourth-order valence-corrected chi connectivity index (χ4v) is 2.50. The van der Waals surface area contributed by atoms with E-state index in [1.807, 2.05) is 0 Å². The highest BCUT2D eigenvalue weighted by Gasteiger charge is 2.18. The molecule has 1 N–H and O–H groups in total. The summed E-state index contributed by atoms with van der Waals surface area (Å²) in [4.78, 5) is 14.2. The number of aromatic nitrogens is 1. The van der Waals surface area contributed by atoms with Gasteiger partial charge in [-0.25, -0.2) is 8.78 Å². The number of rotatable bonds is 2. The van der Waals surface area contributed by atoms with Crippen LogP contribution in [0.1, 0.15) is 10.4 Å². The molecule has 1 aromatic heterocycles. The molecule has 2 nitrogen and oxygen atoms in total. The summed E-state index contributed by atoms with van der Waals surface area (Å²) in [5, 5.41) is 0.578. The molecule has 3 rings (SSSR count). The van der Waals surface area contributed by atoms with Crippen molar-refractivity contribution in [1.29, 1.82) is 0 Å². The maximum absolute atomic E-state index is 14.0. The van der Waals surface area contributed by atoms with E-state index in [9.17, 15) is 13.6 Å². The average Bonchev–Trinajstić information content (AvgIpc) is 2.76. The zero-order chi connectivity index (χ0) is 14.3. The van der Waals surface area contributed by atoms with Crippen molar-refractivity contribution in [2.24, 2.45) is 0 Å². The van der Waals surface area contributed by atoms with Gasteiger partial charge < -0.3 is 4.98 Å². The summed E-state index contributed by atoms with van der Waals surface area (Å²) in [5.74, 6) is -1.02. The first kappa shape index (κ1) is 12.8. The number of aldehydes is 1. The van der Waals surface area contributed by atoms with Gasteiger partial charge in [0.2, 0.25) is 0 Å². The molecule has 0 spiro atoms. The highest BCUT2D eigenvalue weighted by atomic mass is 35.5. The quantitative estimate of drug-likeness (QED) is 0.689. The van der Waals surface area contributed by atoms with Gasteiger partial charge in [-0.1, -0.05) is 17.7 Å². The number of benzene rings is 2. The lowest BCUT2D eigenvalue weighted by Gasteiger charge is -2.04. The molecule has 0 aliphatic carbocycles. The lowest BCUT2D eigenvalue weighted by Crippen LogP contribution is -1.90. The minimum absolute atomic E-state index is 0.105. The maximum atomic E-state index is 14.0. The first-order valence-corrected chi connectivity index (χ1v) is 6.20. The maximum Gasteiger partial charge on any atom is 0.152 e. The topological polar surface area (TPSA) is 32.9 Å². The second-order valence-corrected chi connectivity index (χ2v) is 4.73. The summed E-state index contributed by atoms with van der Waals surface area (Å²) < 4.78 is 27.3. The van der Waals surface area contributed by atoms with E-state index < -0.39 is 11.6 Å². The van der Waals surface area contributed by atoms with Crippen molar-refractivity contribution in [2.45, 2.75) is 0 Å². The molecule has 0 atom stereocenters. The molecule has 0 aliphatic rings. The normalized spacial score (nSPS) is 10.9. The molecule has 0 fully saturated rings. The molecule has 20 heavy (non-hydrogen) atoms. The molecular formula is C15H8ClF2NO. The van der Waals surface area contributed by atoms with E-state index in [1.165, 1.54) is 36.4 Å². The number of carbonyl (C=O) groups excluding carboxylic acids is 1. The van der Waals surface area contributed by atoms with Crippen molar-refractivity contribution in [1.82, 2.24) is 4.98 Å². The van der Waals surface area contributed by atoms with Gasteiger partial charge in [0, 0.05) is 16.5 Å². The van der Waals surface area contributed by atoms with Crippen LogP contribution >= 0.6 is 11.6 Å². The fourth-order valence-electron chi connectivity index (χ4n) is 2.24. The fraction of sp³-hybridized carbons (Fsp3) is 0. The van der Waals surface area contributed by atoms with Gasteiger partial charge in [0.05, 0.1) is 16.3 Å². The zero-order valence-corrected chi connectivity index (χ0v) is 10.8. The Morgan fingerprint density at radius 3 is 2.65 bits per heavy atom. The third kappa shape index (κ3) is 1.89. The minimum Gasteiger partial charge on any atom is -0.354 e. The van der Waals surface area contributed by atoms with Crippen LogP contribution in [0.25, 0.3) is 22.2 Å². The van der Waals surface area contributed by atoms with Gasteiger partial charge in [-0.3, -0.25) is 4.79 Å². The predicted octanol–water partition coefficient (Wildman–Crippen LogP) is 4.58. The predicted molar refractivity (Wildman–Crippen MR) is 74.0 cm³/mol. The zero-order valence-electron chi connectivity index (χ0n) is 10.1. The second-order valence-electron chi connectivity index (χ2n) is 4.32. The van der Waals surface area contributed by atoms with E-state index in [4.69, 9.17) is 11.6 Å². The van der Waals surface area contributed by atoms with Crippen LogP contribution in [0.2, 0.25) is 5.02 Å². The summed E-state index contributed by atoms with van der Waals surface area (Å²) in [6, 6.07) is 8.25. The van der Waals surface area contributed by atoms with Crippen molar-refractivity contribution >= 4 is 28.8 Å². The van der Waals surface area contributed by atoms with E-state index in [2.05, 4.69) is 4.98 Å². The lowest BCUT2D eigenvalue weighted by molar-refractivity contribution is 0.112. The van der Waals surface area contributed by atoms with E-state index in [0.717, 1.165) is 0 Å². The highest BCUT2D eigenvalue weighted by molar-refractivity contribution is 6.33. The van der Waals surface area contributed by atoms with Crippen LogP contribution in [0, 0.1) is 11.6 Å². The highest BCUT2D eigenvalue weighted by Crippen LogP contribution is 2.35. The Balaban J connectivity index is 2.40. The van der Waals surface area contributed by atoms with Gasteiger partial charge >= 0.3 is 0 Å². The summed E-state index contributed by atoms with van der Waals surface area (Å²) in [6.45, 7) is 0. The Morgan fingerprint density at radius 1 is 1.15 bits per heavy atom. The third-order valence-electron chi connectivity index (χ3n) is 3.13. The number of nitrogens with one attached hydrogen (secondary N) is 1. The molecular weight excluding hydrogens is 284 g/mol. The Bertz CT molecular complexity index is 806. The summed E-state index contributed by atoms with van der Waals surface area (Å²) in [5.41, 5.74) is 1.09. The van der Waals surface area contributed by atoms with E-state index in [1.54, 1.807) is 0 Å². The molecule has 3 aromatic rings. The largest absolute Gasteiger partial charge is 0.354 e. The van der Waals surface area contributed by atoms with Gasteiger partial charge in [0.1, 0.15) is 11.6 Å². The number of H-pyrrole nitrogens is 1. The van der Waals surface area contributed by atoms with Crippen LogP contribution in [0.15, 0.2) is 36.4 Å². The van der Waals surface area contributed by atoms with Crippen LogP contribution in [0.4, 0.5) is 8.78 Å². The van der Waals surface area contributed by atoms with Crippen molar-refractivity contribution in [2.75, 3.05) is 0 Å². The molecule has 0 amide bonds. The number of halogens is 3. The van der Waals surface area contributed by atoms with Gasteiger partial charge in [-0.2, -0.15) is 0 Å². The summed E-state index contributed by atoms with van der Waals surface area (Å²) >= 11 is 6.00. The molecule has 100 valence electrons. The first-order valence-electron chi connectivity index (χ1n) is 5.82. The van der Waals surface area contributed by atoms with E-state index >= 15 is 0 Å². The molecule has 0 bridgehead atoms. The first-order chi connectivity index (χ1) is 9.61. The standard InChI is InChI=1S/C15H8ClF2NO/c16-11-2-1-3-12(18)14(11)15-10(7-20)9-6-8(17)4-5-13(9)19-15/h1-7,19H. The Hall–Kier alpha value is -2.20. The average molecular weight is 292 g/mol. The van der Waals surface area contributed by atoms with Crippen LogP contribution in [-0.4, -0.2) is 11.3 Å². The number of carbonyl (C=O) groups is 1. The van der Waals surface area contributed by atoms with Gasteiger partial charge in [0.15, 0.2) is 6.29 Å². The molecule has 5 heteroatoms. The molecule has 0 saturated heterocycles. The van der Waals surface area contributed by atoms with Crippen molar-refractivity contribution in [3.05, 3.63) is 58.6 Å². The van der Waals surface area contributed by atoms with Crippen LogP contribution in [0.3, 0.4) is 0 Å². The van der Waals surface area contributed by atoms with Gasteiger partial charge in [0.25, 0.3) is 0 Å². The number of fused-ring (bicyclic) bond motifs is 1. The smallest absolute Gasteiger partial charge is 0.152 e. The van der Waals surface area contributed by atoms with Crippen molar-refractivity contribution in [3.63, 3.8) is 0 Å². The molecule has 0 radical (unpaired) electrons. The van der Waals surface area contributed by atoms with E-state index in [0.29, 0.717) is 17.2 Å². The molecule has 0 aliphatic heterocycles. The van der Waals surface area contributed by atoms with Gasteiger partial charge in [-0.05, 0) is 30.3 Å². The molecule has 2 aromatic carbocycles. The Labute approximate surface area is 118 Å². The monoisotopic (exact) mass is 291 g/mol. The number of aromatic amines is 1. The van der Waals surface area contributed by atoms with Crippen molar-refractivity contribution in [3.8, 4) is 11.3 Å². The third-order valence-corrected chi connectivity index (χ3v) is 3.45. The van der Waals surface area contributed by atoms with Gasteiger partial charge in [-0.15, -0.1) is 0 Å². The lowest BCUT2D eigenvalue weighted by atomic mass is 10.1. The molecule has 0 unspecified atom stereocenters. The second kappa shape index (κ2) is 4.72. The number of hydrogen-bond acceptors (Lipinski definition) is 1. The Morgan fingerprint density at radius 2 is 1.95 bits per heavy atom. The summed E-state index contributed by atoms with van der Waals surface area (Å²) in [6.07, 6.45) is 0.566. The van der Waals surface area contributed by atoms with E-state index in [-0.39, 0.29) is 21.8 Å². The molecule has 1 heterocycles. The van der Waals surface area contributed by atoms with Crippen LogP contribution in [0.5, 0.6) is 0 Å². The number of hydrogen-bond donors (Lipinski definition) is 1. The van der Waals surface area contributed by atoms with Crippen molar-refractivity contribution < 1.29 is 13.6 Å². The SMILES string of the molecule is O=Cc1c(-c2c(F)cccc2Cl)[nH]c2ccc(F)cc12.